The number of likely N-dealkylation sites (N-methyl/N-ethyl adjacent to an activating group) is 1. The molecule has 2 amide bonds. The summed E-state index contributed by atoms with van der Waals surface area (Å²) in [6.07, 6.45) is 3.85. The van der Waals surface area contributed by atoms with Gasteiger partial charge in [0.1, 0.15) is 11.5 Å². The number of piperazine rings is 1. The zero-order valence-electron chi connectivity index (χ0n) is 16.4. The second-order valence-electron chi connectivity index (χ2n) is 8.11. The Morgan fingerprint density at radius 3 is 2.86 bits per heavy atom. The van der Waals surface area contributed by atoms with E-state index in [1.165, 1.54) is 6.07 Å². The number of aryl methyl sites for hydroxylation is 1. The number of hydrogen-bond acceptors (Lipinski definition) is 3. The molecule has 1 aliphatic carbocycles. The Morgan fingerprint density at radius 1 is 1.29 bits per heavy atom. The van der Waals surface area contributed by atoms with E-state index in [9.17, 15) is 14.0 Å². The van der Waals surface area contributed by atoms with Crippen LogP contribution < -0.4 is 5.32 Å². The molecule has 0 radical (unpaired) electrons. The van der Waals surface area contributed by atoms with E-state index in [4.69, 9.17) is 0 Å². The van der Waals surface area contributed by atoms with Crippen molar-refractivity contribution in [2.45, 2.75) is 44.7 Å². The Balaban J connectivity index is 1.42. The van der Waals surface area contributed by atoms with Gasteiger partial charge in [0, 0.05) is 37.6 Å². The molecule has 0 unspecified atom stereocenters. The topological polar surface area (TPSA) is 68.4 Å². The van der Waals surface area contributed by atoms with Gasteiger partial charge in [-0.3, -0.25) is 14.5 Å². The van der Waals surface area contributed by atoms with Gasteiger partial charge in [0.05, 0.1) is 12.1 Å². The van der Waals surface area contributed by atoms with Gasteiger partial charge >= 0.3 is 0 Å². The highest BCUT2D eigenvalue weighted by atomic mass is 19.1. The van der Waals surface area contributed by atoms with Crippen molar-refractivity contribution in [2.24, 2.45) is 0 Å². The van der Waals surface area contributed by atoms with Gasteiger partial charge in [0.15, 0.2) is 0 Å². The number of rotatable bonds is 3. The molecule has 0 bridgehead atoms. The number of halogens is 1. The molecule has 1 aliphatic heterocycles. The number of benzene rings is 1. The second-order valence-corrected chi connectivity index (χ2v) is 8.11. The smallest absolute Gasteiger partial charge is 0.267 e. The SMILES string of the molecule is Cc1ccc(F)c2cc(C(=O)N[C@@H]3CCC[C@@H](N4CCN(C)C(=O)C4)C3)[nH]c12. The van der Waals surface area contributed by atoms with Crippen LogP contribution in [0.1, 0.15) is 41.7 Å². The van der Waals surface area contributed by atoms with Gasteiger partial charge < -0.3 is 15.2 Å². The first-order chi connectivity index (χ1) is 13.4. The van der Waals surface area contributed by atoms with Gasteiger partial charge in [-0.2, -0.15) is 0 Å². The number of amides is 2. The summed E-state index contributed by atoms with van der Waals surface area (Å²) < 4.78 is 14.0. The standard InChI is InChI=1S/C21H27FN4O2/c1-13-6-7-17(22)16-11-18(24-20(13)16)21(28)23-14-4-3-5-15(10-14)26-9-8-25(2)19(27)12-26/h6-7,11,14-15,24H,3-5,8-10,12H2,1-2H3,(H,23,28)/t14-,15-/m1/s1. The summed E-state index contributed by atoms with van der Waals surface area (Å²) in [5.74, 6) is -0.364. The summed E-state index contributed by atoms with van der Waals surface area (Å²) in [6.45, 7) is 3.99. The normalized spacial score (nSPS) is 24.0. The number of carbonyl (C=O) groups excluding carboxylic acids is 2. The minimum absolute atomic E-state index is 0.0679. The zero-order valence-corrected chi connectivity index (χ0v) is 16.4. The van der Waals surface area contributed by atoms with Crippen molar-refractivity contribution in [1.82, 2.24) is 20.1 Å². The average Bonchev–Trinajstić information content (AvgIpc) is 3.14. The fraction of sp³-hybridized carbons (Fsp3) is 0.524. The van der Waals surface area contributed by atoms with Crippen LogP contribution in [0, 0.1) is 12.7 Å². The van der Waals surface area contributed by atoms with Crippen LogP contribution in [0.15, 0.2) is 18.2 Å². The molecule has 6 nitrogen and oxygen atoms in total. The van der Waals surface area contributed by atoms with Crippen molar-refractivity contribution >= 4 is 22.7 Å². The highest BCUT2D eigenvalue weighted by Crippen LogP contribution is 2.26. The van der Waals surface area contributed by atoms with Crippen molar-refractivity contribution in [3.05, 3.63) is 35.3 Å². The van der Waals surface area contributed by atoms with E-state index >= 15 is 0 Å². The molecule has 2 atom stereocenters. The lowest BCUT2D eigenvalue weighted by Gasteiger charge is -2.41. The fourth-order valence-corrected chi connectivity index (χ4v) is 4.43. The van der Waals surface area contributed by atoms with Gasteiger partial charge in [-0.15, -0.1) is 0 Å². The number of carbonyl (C=O) groups is 2. The number of hydrogen-bond donors (Lipinski definition) is 2. The molecule has 1 saturated heterocycles. The highest BCUT2D eigenvalue weighted by Gasteiger charge is 2.31. The summed E-state index contributed by atoms with van der Waals surface area (Å²) in [7, 11) is 1.84. The van der Waals surface area contributed by atoms with Crippen LogP contribution in [0.2, 0.25) is 0 Å². The number of fused-ring (bicyclic) bond motifs is 1. The Labute approximate surface area is 164 Å². The zero-order chi connectivity index (χ0) is 19.8. The Kier molecular flexibility index (Phi) is 5.10. The highest BCUT2D eigenvalue weighted by molar-refractivity contribution is 5.99. The van der Waals surface area contributed by atoms with Gasteiger partial charge in [0.2, 0.25) is 5.91 Å². The third-order valence-electron chi connectivity index (χ3n) is 6.18. The summed E-state index contributed by atoms with van der Waals surface area (Å²) in [4.78, 5) is 31.8. The third kappa shape index (κ3) is 3.63. The first-order valence-electron chi connectivity index (χ1n) is 9.99. The molecule has 1 saturated carbocycles. The Hall–Kier alpha value is -2.41. The maximum Gasteiger partial charge on any atom is 0.267 e. The van der Waals surface area contributed by atoms with Crippen molar-refractivity contribution in [3.8, 4) is 0 Å². The van der Waals surface area contributed by atoms with Crippen LogP contribution >= 0.6 is 0 Å². The largest absolute Gasteiger partial charge is 0.350 e. The molecule has 2 fully saturated rings. The van der Waals surface area contributed by atoms with Crippen LogP contribution in [0.25, 0.3) is 10.9 Å². The number of H-pyrrole nitrogens is 1. The molecule has 2 heterocycles. The van der Waals surface area contributed by atoms with Gasteiger partial charge in [-0.1, -0.05) is 6.07 Å². The molecular weight excluding hydrogens is 359 g/mol. The maximum absolute atomic E-state index is 14.0. The van der Waals surface area contributed by atoms with Crippen LogP contribution in [0.3, 0.4) is 0 Å². The van der Waals surface area contributed by atoms with Gasteiger partial charge in [-0.05, 0) is 50.3 Å². The number of nitrogens with one attached hydrogen (secondary N) is 2. The van der Waals surface area contributed by atoms with Gasteiger partial charge in [0.25, 0.3) is 5.91 Å². The van der Waals surface area contributed by atoms with E-state index < -0.39 is 0 Å². The molecule has 150 valence electrons. The molecule has 2 N–H and O–H groups in total. The first-order valence-corrected chi connectivity index (χ1v) is 9.99. The molecule has 1 aromatic carbocycles. The number of aromatic amines is 1. The summed E-state index contributed by atoms with van der Waals surface area (Å²) in [5.41, 5.74) is 1.97. The third-order valence-corrected chi connectivity index (χ3v) is 6.18. The van der Waals surface area contributed by atoms with E-state index in [-0.39, 0.29) is 23.7 Å². The molecule has 7 heteroatoms. The predicted molar refractivity (Wildman–Crippen MR) is 106 cm³/mol. The fourth-order valence-electron chi connectivity index (χ4n) is 4.43. The van der Waals surface area contributed by atoms with E-state index in [0.717, 1.165) is 44.3 Å². The van der Waals surface area contributed by atoms with Crippen LogP contribution in [0.5, 0.6) is 0 Å². The first kappa shape index (κ1) is 18.9. The van der Waals surface area contributed by atoms with E-state index in [1.807, 2.05) is 14.0 Å². The maximum atomic E-state index is 14.0. The lowest BCUT2D eigenvalue weighted by molar-refractivity contribution is -0.135. The molecule has 4 rings (SSSR count). The van der Waals surface area contributed by atoms with Crippen molar-refractivity contribution in [3.63, 3.8) is 0 Å². The average molecular weight is 386 g/mol. The molecule has 28 heavy (non-hydrogen) atoms. The van der Waals surface area contributed by atoms with E-state index in [0.29, 0.717) is 29.2 Å². The summed E-state index contributed by atoms with van der Waals surface area (Å²) in [5, 5.41) is 3.56. The number of nitrogens with zero attached hydrogens (tertiary/aromatic N) is 2. The molecular formula is C21H27FN4O2. The molecule has 2 aromatic rings. The monoisotopic (exact) mass is 386 g/mol. The van der Waals surface area contributed by atoms with Crippen LogP contribution in [0.4, 0.5) is 4.39 Å². The summed E-state index contributed by atoms with van der Waals surface area (Å²) in [6, 6.07) is 5.11. The number of aromatic nitrogens is 1. The Morgan fingerprint density at radius 2 is 2.11 bits per heavy atom. The summed E-state index contributed by atoms with van der Waals surface area (Å²) >= 11 is 0. The minimum atomic E-state index is -0.326. The Bertz CT molecular complexity index is 870. The molecule has 1 aromatic heterocycles. The quantitative estimate of drug-likeness (QED) is 0.851. The van der Waals surface area contributed by atoms with Crippen LogP contribution in [-0.4, -0.2) is 65.4 Å². The molecule has 0 spiro atoms. The van der Waals surface area contributed by atoms with Gasteiger partial charge in [-0.25, -0.2) is 4.39 Å². The van der Waals surface area contributed by atoms with Crippen molar-refractivity contribution in [2.75, 3.05) is 26.7 Å². The van der Waals surface area contributed by atoms with Crippen molar-refractivity contribution < 1.29 is 14.0 Å². The predicted octanol–water partition coefficient (Wildman–Crippen LogP) is 2.43. The minimum Gasteiger partial charge on any atom is -0.350 e. The molecule has 2 aliphatic rings. The van der Waals surface area contributed by atoms with E-state index in [2.05, 4.69) is 15.2 Å². The van der Waals surface area contributed by atoms with E-state index in [1.54, 1.807) is 17.0 Å². The van der Waals surface area contributed by atoms with Crippen LogP contribution in [-0.2, 0) is 4.79 Å². The lowest BCUT2D eigenvalue weighted by atomic mass is 9.89. The lowest BCUT2D eigenvalue weighted by Crippen LogP contribution is -2.54. The van der Waals surface area contributed by atoms with Crippen molar-refractivity contribution in [1.29, 1.82) is 0 Å². The second kappa shape index (κ2) is 7.54.